The lowest BCUT2D eigenvalue weighted by atomic mass is 9.93. The average Bonchev–Trinajstić information content (AvgIpc) is 2.28. The molecular weight excluding hydrogens is 319 g/mol. The number of hydrogen-bond donors (Lipinski definition) is 1. The summed E-state index contributed by atoms with van der Waals surface area (Å²) in [7, 11) is 0. The van der Waals surface area contributed by atoms with Crippen LogP contribution in [0.4, 0.5) is 13.2 Å². The van der Waals surface area contributed by atoms with Crippen LogP contribution in [0.3, 0.4) is 0 Å². The van der Waals surface area contributed by atoms with E-state index in [1.165, 1.54) is 0 Å². The fourth-order valence-corrected chi connectivity index (χ4v) is 2.05. The Bertz CT molecular complexity index is 316. The zero-order chi connectivity index (χ0) is 13.8. The molecule has 1 fully saturated rings. The molecule has 4 nitrogen and oxygen atoms in total. The van der Waals surface area contributed by atoms with Gasteiger partial charge in [-0.3, -0.25) is 4.79 Å². The van der Waals surface area contributed by atoms with Gasteiger partial charge in [-0.15, -0.1) is 0 Å². The molecule has 104 valence electrons. The minimum atomic E-state index is -5.08. The maximum atomic E-state index is 11.9. The first-order valence-corrected chi connectivity index (χ1v) is 6.37. The normalized spacial score (nSPS) is 19.3. The van der Waals surface area contributed by atoms with E-state index in [4.69, 9.17) is 0 Å². The van der Waals surface area contributed by atoms with Gasteiger partial charge < -0.3 is 10.1 Å². The molecule has 0 saturated carbocycles. The summed E-state index contributed by atoms with van der Waals surface area (Å²) < 4.78 is 39.8. The third-order valence-electron chi connectivity index (χ3n) is 2.64. The summed E-state index contributed by atoms with van der Waals surface area (Å²) in [5.41, 5.74) is 0. The van der Waals surface area contributed by atoms with Crippen LogP contribution in [0.15, 0.2) is 0 Å². The predicted octanol–water partition coefficient (Wildman–Crippen LogP) is 1.77. The number of esters is 1. The van der Waals surface area contributed by atoms with Crippen LogP contribution < -0.4 is 5.32 Å². The van der Waals surface area contributed by atoms with E-state index in [2.05, 4.69) is 26.0 Å². The van der Waals surface area contributed by atoms with Gasteiger partial charge in [0.1, 0.15) is 0 Å². The lowest BCUT2D eigenvalue weighted by Crippen LogP contribution is -2.33. The molecule has 1 saturated heterocycles. The highest BCUT2D eigenvalue weighted by Gasteiger charge is 2.43. The fourth-order valence-electron chi connectivity index (χ4n) is 1.69. The number of Topliss-reactive ketones (excluding diaryl/α,β-unsaturated/α-hetero) is 1. The maximum absolute atomic E-state index is 11.9. The Morgan fingerprint density at radius 1 is 1.33 bits per heavy atom. The van der Waals surface area contributed by atoms with Crippen LogP contribution in [-0.4, -0.2) is 36.0 Å². The van der Waals surface area contributed by atoms with Gasteiger partial charge in [-0.05, 0) is 47.8 Å². The van der Waals surface area contributed by atoms with Gasteiger partial charge in [-0.2, -0.15) is 13.2 Å². The van der Waals surface area contributed by atoms with Gasteiger partial charge in [0.15, 0.2) is 5.78 Å². The van der Waals surface area contributed by atoms with Crippen LogP contribution in [0.1, 0.15) is 19.3 Å². The molecule has 0 bridgehead atoms. The monoisotopic (exact) mass is 331 g/mol. The van der Waals surface area contributed by atoms with Gasteiger partial charge in [0.2, 0.25) is 5.01 Å². The number of rotatable bonds is 4. The molecule has 1 heterocycles. The Hall–Kier alpha value is -0.630. The Balaban J connectivity index is 2.39. The SMILES string of the molecule is O=C(CC1CCNCC1)C(Br)OC(=O)C(F)(F)F. The summed E-state index contributed by atoms with van der Waals surface area (Å²) >= 11 is 2.65. The van der Waals surface area contributed by atoms with Crippen molar-refractivity contribution in [3.05, 3.63) is 0 Å². The zero-order valence-corrected chi connectivity index (χ0v) is 11.0. The number of carbonyl (C=O) groups excluding carboxylic acids is 2. The highest BCUT2D eigenvalue weighted by atomic mass is 79.9. The van der Waals surface area contributed by atoms with Gasteiger partial charge in [0, 0.05) is 6.42 Å². The second-order valence-corrected chi connectivity index (χ2v) is 4.91. The molecule has 18 heavy (non-hydrogen) atoms. The highest BCUT2D eigenvalue weighted by Crippen LogP contribution is 2.22. The van der Waals surface area contributed by atoms with Crippen molar-refractivity contribution in [2.75, 3.05) is 13.1 Å². The quantitative estimate of drug-likeness (QED) is 0.630. The first-order chi connectivity index (χ1) is 8.30. The van der Waals surface area contributed by atoms with Crippen LogP contribution in [-0.2, 0) is 14.3 Å². The predicted molar refractivity (Wildman–Crippen MR) is 60.1 cm³/mol. The van der Waals surface area contributed by atoms with Crippen molar-refractivity contribution in [2.45, 2.75) is 30.5 Å². The average molecular weight is 332 g/mol. The third kappa shape index (κ3) is 4.93. The summed E-state index contributed by atoms with van der Waals surface area (Å²) in [4.78, 5) is 22.1. The Morgan fingerprint density at radius 3 is 2.39 bits per heavy atom. The molecule has 0 amide bonds. The molecule has 0 aromatic carbocycles. The van der Waals surface area contributed by atoms with Crippen LogP contribution in [0, 0.1) is 5.92 Å². The number of halogens is 4. The summed E-state index contributed by atoms with van der Waals surface area (Å²) in [6, 6.07) is 0. The van der Waals surface area contributed by atoms with E-state index in [-0.39, 0.29) is 12.3 Å². The number of hydrogen-bond acceptors (Lipinski definition) is 4. The summed E-state index contributed by atoms with van der Waals surface area (Å²) in [6.07, 6.45) is -3.39. The van der Waals surface area contributed by atoms with Gasteiger partial charge >= 0.3 is 12.1 Å². The first kappa shape index (κ1) is 15.4. The number of alkyl halides is 4. The molecule has 1 unspecified atom stereocenters. The van der Waals surface area contributed by atoms with Crippen molar-refractivity contribution in [2.24, 2.45) is 5.92 Å². The van der Waals surface area contributed by atoms with E-state index in [0.717, 1.165) is 25.9 Å². The fraction of sp³-hybridized carbons (Fsp3) is 0.800. The Labute approximate surface area is 110 Å². The molecule has 1 rings (SSSR count). The largest absolute Gasteiger partial charge is 0.490 e. The zero-order valence-electron chi connectivity index (χ0n) is 9.43. The van der Waals surface area contributed by atoms with Crippen LogP contribution in [0.2, 0.25) is 0 Å². The van der Waals surface area contributed by atoms with Crippen molar-refractivity contribution in [1.82, 2.24) is 5.32 Å². The molecular formula is C10H13BrF3NO3. The number of carbonyl (C=O) groups is 2. The van der Waals surface area contributed by atoms with E-state index in [9.17, 15) is 22.8 Å². The number of nitrogens with one attached hydrogen (secondary N) is 1. The lowest BCUT2D eigenvalue weighted by molar-refractivity contribution is -0.201. The molecule has 1 aliphatic heterocycles. The van der Waals surface area contributed by atoms with Gasteiger partial charge in [0.25, 0.3) is 0 Å². The molecule has 1 atom stereocenters. The molecule has 0 radical (unpaired) electrons. The Morgan fingerprint density at radius 2 is 1.89 bits per heavy atom. The second kappa shape index (κ2) is 6.51. The minimum absolute atomic E-state index is 0.114. The van der Waals surface area contributed by atoms with Crippen molar-refractivity contribution in [1.29, 1.82) is 0 Å². The van der Waals surface area contributed by atoms with E-state index < -0.39 is 22.9 Å². The van der Waals surface area contributed by atoms with Crippen molar-refractivity contribution < 1.29 is 27.5 Å². The molecule has 0 spiro atoms. The van der Waals surface area contributed by atoms with E-state index in [0.29, 0.717) is 0 Å². The number of piperidine rings is 1. The highest BCUT2D eigenvalue weighted by molar-refractivity contribution is 9.09. The summed E-state index contributed by atoms with van der Waals surface area (Å²) in [6.45, 7) is 1.57. The molecule has 1 N–H and O–H groups in total. The van der Waals surface area contributed by atoms with Crippen molar-refractivity contribution in [3.8, 4) is 0 Å². The van der Waals surface area contributed by atoms with Crippen molar-refractivity contribution in [3.63, 3.8) is 0 Å². The molecule has 1 aliphatic rings. The second-order valence-electron chi connectivity index (χ2n) is 4.08. The van der Waals surface area contributed by atoms with Crippen LogP contribution >= 0.6 is 15.9 Å². The van der Waals surface area contributed by atoms with E-state index in [1.807, 2.05) is 0 Å². The number of ketones is 1. The topological polar surface area (TPSA) is 55.4 Å². The first-order valence-electron chi connectivity index (χ1n) is 5.46. The van der Waals surface area contributed by atoms with Gasteiger partial charge in [-0.1, -0.05) is 0 Å². The minimum Gasteiger partial charge on any atom is -0.436 e. The third-order valence-corrected chi connectivity index (χ3v) is 3.34. The summed E-state index contributed by atoms with van der Waals surface area (Å²) in [5.74, 6) is -2.77. The van der Waals surface area contributed by atoms with Crippen LogP contribution in [0.5, 0.6) is 0 Å². The summed E-state index contributed by atoms with van der Waals surface area (Å²) in [5, 5.41) is 1.59. The Kier molecular flexibility index (Phi) is 5.58. The number of ether oxygens (including phenoxy) is 1. The molecule has 8 heteroatoms. The van der Waals surface area contributed by atoms with E-state index in [1.54, 1.807) is 0 Å². The van der Waals surface area contributed by atoms with Crippen LogP contribution in [0.25, 0.3) is 0 Å². The standard InChI is InChI=1S/C10H13BrF3NO3/c11-8(18-9(17)10(12,13)14)7(16)5-6-1-3-15-4-2-6/h6,8,15H,1-5H2. The smallest absolute Gasteiger partial charge is 0.436 e. The molecule has 0 aromatic heterocycles. The molecule has 0 aromatic rings. The van der Waals surface area contributed by atoms with E-state index >= 15 is 0 Å². The maximum Gasteiger partial charge on any atom is 0.490 e. The molecule has 0 aliphatic carbocycles. The lowest BCUT2D eigenvalue weighted by Gasteiger charge is -2.22. The van der Waals surface area contributed by atoms with Crippen molar-refractivity contribution >= 4 is 27.7 Å². The van der Waals surface area contributed by atoms with Gasteiger partial charge in [-0.25, -0.2) is 4.79 Å². The van der Waals surface area contributed by atoms with Gasteiger partial charge in [0.05, 0.1) is 0 Å².